The average Bonchev–Trinajstić information content (AvgIpc) is 3.52. The first-order chi connectivity index (χ1) is 19.6. The van der Waals surface area contributed by atoms with Crippen molar-refractivity contribution in [2.45, 2.75) is 44.6 Å². The number of hydrogen-bond acceptors (Lipinski definition) is 6. The quantitative estimate of drug-likeness (QED) is 0.221. The molecule has 3 aromatic carbocycles. The summed E-state index contributed by atoms with van der Waals surface area (Å²) in [5.41, 5.74) is 5.88. The number of tetrazole rings is 1. The van der Waals surface area contributed by atoms with Crippen LogP contribution in [0.25, 0.3) is 39.5 Å². The molecule has 0 radical (unpaired) electrons. The molecule has 0 aliphatic heterocycles. The third-order valence-corrected chi connectivity index (χ3v) is 7.62. The molecule has 5 rings (SSSR count). The Hall–Kier alpha value is -4.24. The number of rotatable bonds is 10. The molecule has 0 fully saturated rings. The summed E-state index contributed by atoms with van der Waals surface area (Å²) in [6, 6.07) is 22.4. The lowest BCUT2D eigenvalue weighted by atomic mass is 9.98. The molecule has 1 unspecified atom stereocenters. The highest BCUT2D eigenvalue weighted by Gasteiger charge is 2.13. The number of nitrogens with zero attached hydrogens (tertiary/aromatic N) is 6. The standard InChI is InChI=1S/C31H33N7OS/c1-4-6-12-29-33-28-18-17-24(40(3)39)20-27(28)31(32-19-7-5-2)38(29)21-22-13-15-23(16-14-22)25-10-8-9-11-26(25)30-34-36-37-35-30/h6,8-18,20H,4-5,7,19,21H2,1-3H3,(H,34,35,36,37)/b12-6+,32-31?. The van der Waals surface area contributed by atoms with Crippen molar-refractivity contribution in [1.29, 1.82) is 0 Å². The van der Waals surface area contributed by atoms with Gasteiger partial charge in [0.05, 0.1) is 12.1 Å². The molecule has 2 aromatic heterocycles. The third kappa shape index (κ3) is 5.99. The zero-order valence-electron chi connectivity index (χ0n) is 23.0. The van der Waals surface area contributed by atoms with Crippen LogP contribution in [0.4, 0.5) is 0 Å². The summed E-state index contributed by atoms with van der Waals surface area (Å²) in [6.45, 7) is 5.60. The van der Waals surface area contributed by atoms with Gasteiger partial charge in [-0.2, -0.15) is 5.21 Å². The minimum atomic E-state index is -1.10. The van der Waals surface area contributed by atoms with E-state index in [1.165, 1.54) is 0 Å². The maximum atomic E-state index is 12.3. The molecule has 5 aromatic rings. The number of hydrogen-bond donors (Lipinski definition) is 1. The number of allylic oxidation sites excluding steroid dienone is 1. The Labute approximate surface area is 236 Å². The van der Waals surface area contributed by atoms with Crippen molar-refractivity contribution in [2.75, 3.05) is 12.8 Å². The fraction of sp³-hybridized carbons (Fsp3) is 0.258. The van der Waals surface area contributed by atoms with E-state index < -0.39 is 10.8 Å². The fourth-order valence-electron chi connectivity index (χ4n) is 4.61. The van der Waals surface area contributed by atoms with E-state index >= 15 is 0 Å². The highest BCUT2D eigenvalue weighted by molar-refractivity contribution is 7.84. The summed E-state index contributed by atoms with van der Waals surface area (Å²) < 4.78 is 14.5. The van der Waals surface area contributed by atoms with Gasteiger partial charge in [-0.15, -0.1) is 10.2 Å². The van der Waals surface area contributed by atoms with Crippen LogP contribution in [-0.2, 0) is 17.3 Å². The van der Waals surface area contributed by atoms with Gasteiger partial charge in [0.1, 0.15) is 11.3 Å². The van der Waals surface area contributed by atoms with Crippen molar-refractivity contribution in [3.05, 3.63) is 89.7 Å². The summed E-state index contributed by atoms with van der Waals surface area (Å²) in [5.74, 6) is 1.41. The van der Waals surface area contributed by atoms with E-state index in [2.05, 4.69) is 81.5 Å². The van der Waals surface area contributed by atoms with Crippen molar-refractivity contribution in [1.82, 2.24) is 30.2 Å². The molecule has 0 amide bonds. The Morgan fingerprint density at radius 2 is 1.82 bits per heavy atom. The fourth-order valence-corrected chi connectivity index (χ4v) is 5.15. The summed E-state index contributed by atoms with van der Waals surface area (Å²) >= 11 is 0. The van der Waals surface area contributed by atoms with Gasteiger partial charge >= 0.3 is 0 Å². The van der Waals surface area contributed by atoms with Crippen LogP contribution in [0.15, 0.2) is 82.7 Å². The molecular weight excluding hydrogens is 518 g/mol. The van der Waals surface area contributed by atoms with E-state index in [1.807, 2.05) is 36.4 Å². The van der Waals surface area contributed by atoms with Crippen LogP contribution in [0.5, 0.6) is 0 Å². The zero-order chi connectivity index (χ0) is 27.9. The van der Waals surface area contributed by atoms with Crippen molar-refractivity contribution < 1.29 is 4.21 Å². The second-order valence-corrected chi connectivity index (χ2v) is 10.9. The second-order valence-electron chi connectivity index (χ2n) is 9.54. The first-order valence-corrected chi connectivity index (χ1v) is 15.1. The number of fused-ring (bicyclic) bond motifs is 1. The van der Waals surface area contributed by atoms with Gasteiger partial charge in [-0.1, -0.05) is 74.9 Å². The molecule has 0 bridgehead atoms. The van der Waals surface area contributed by atoms with Crippen LogP contribution in [0, 0.1) is 0 Å². The van der Waals surface area contributed by atoms with Crippen LogP contribution in [-0.4, -0.2) is 47.2 Å². The minimum Gasteiger partial charge on any atom is -0.306 e. The van der Waals surface area contributed by atoms with Gasteiger partial charge in [-0.25, -0.2) is 4.98 Å². The van der Waals surface area contributed by atoms with Crippen LogP contribution >= 0.6 is 0 Å². The molecule has 2 heterocycles. The number of H-pyrrole nitrogens is 1. The maximum absolute atomic E-state index is 12.3. The SMILES string of the molecule is CC/C=C/c1nc2ccc(S(C)=O)cc2c(=NCCCC)n1Cc1ccc(-c2ccccc2-c2nn[nH]n2)cc1. The van der Waals surface area contributed by atoms with Crippen LogP contribution in [0.1, 0.15) is 44.5 Å². The van der Waals surface area contributed by atoms with E-state index in [0.717, 1.165) is 75.2 Å². The van der Waals surface area contributed by atoms with E-state index in [-0.39, 0.29) is 0 Å². The van der Waals surface area contributed by atoms with Crippen molar-refractivity contribution in [3.8, 4) is 22.5 Å². The van der Waals surface area contributed by atoms with Gasteiger partial charge in [0.2, 0.25) is 5.82 Å². The monoisotopic (exact) mass is 551 g/mol. The lowest BCUT2D eigenvalue weighted by molar-refractivity contribution is 0.686. The Morgan fingerprint density at radius 3 is 2.52 bits per heavy atom. The van der Waals surface area contributed by atoms with Gasteiger partial charge in [0, 0.05) is 39.4 Å². The molecule has 1 atom stereocenters. The number of nitrogens with one attached hydrogen (secondary N) is 1. The topological polar surface area (TPSA) is 102 Å². The summed E-state index contributed by atoms with van der Waals surface area (Å²) in [7, 11) is -1.10. The van der Waals surface area contributed by atoms with Crippen molar-refractivity contribution in [2.24, 2.45) is 4.99 Å². The number of aromatic amines is 1. The highest BCUT2D eigenvalue weighted by atomic mass is 32.2. The normalized spacial score (nSPS) is 12.9. The summed E-state index contributed by atoms with van der Waals surface area (Å²) in [5, 5.41) is 15.5. The second kappa shape index (κ2) is 12.7. The highest BCUT2D eigenvalue weighted by Crippen LogP contribution is 2.30. The zero-order valence-corrected chi connectivity index (χ0v) is 23.9. The van der Waals surface area contributed by atoms with E-state index in [4.69, 9.17) is 9.98 Å². The molecule has 0 saturated heterocycles. The first kappa shape index (κ1) is 27.3. The number of benzene rings is 3. The first-order valence-electron chi connectivity index (χ1n) is 13.6. The molecule has 0 aliphatic rings. The molecule has 9 heteroatoms. The molecule has 0 spiro atoms. The lowest BCUT2D eigenvalue weighted by Crippen LogP contribution is -2.26. The Bertz CT molecular complexity index is 1720. The predicted octanol–water partition coefficient (Wildman–Crippen LogP) is 5.79. The van der Waals surface area contributed by atoms with Crippen molar-refractivity contribution in [3.63, 3.8) is 0 Å². The maximum Gasteiger partial charge on any atom is 0.205 e. The summed E-state index contributed by atoms with van der Waals surface area (Å²) in [6.07, 6.45) is 8.86. The van der Waals surface area contributed by atoms with Gasteiger partial charge in [-0.3, -0.25) is 9.20 Å². The molecule has 1 N–H and O–H groups in total. The van der Waals surface area contributed by atoms with Gasteiger partial charge in [-0.05, 0) is 59.0 Å². The van der Waals surface area contributed by atoms with Crippen molar-refractivity contribution >= 4 is 27.8 Å². The van der Waals surface area contributed by atoms with E-state index in [9.17, 15) is 4.21 Å². The molecule has 8 nitrogen and oxygen atoms in total. The smallest absolute Gasteiger partial charge is 0.205 e. The molecular formula is C31H33N7OS. The van der Waals surface area contributed by atoms with Gasteiger partial charge < -0.3 is 4.57 Å². The number of aromatic nitrogens is 6. The minimum absolute atomic E-state index is 0.565. The van der Waals surface area contributed by atoms with E-state index in [1.54, 1.807) is 6.26 Å². The molecule has 40 heavy (non-hydrogen) atoms. The van der Waals surface area contributed by atoms with Gasteiger partial charge in [0.15, 0.2) is 0 Å². The predicted molar refractivity (Wildman–Crippen MR) is 161 cm³/mol. The van der Waals surface area contributed by atoms with Crippen LogP contribution in [0.3, 0.4) is 0 Å². The third-order valence-electron chi connectivity index (χ3n) is 6.70. The average molecular weight is 552 g/mol. The van der Waals surface area contributed by atoms with E-state index in [0.29, 0.717) is 12.4 Å². The Morgan fingerprint density at radius 1 is 1.02 bits per heavy atom. The molecule has 0 saturated carbocycles. The number of unbranched alkanes of at least 4 members (excludes halogenated alkanes) is 1. The lowest BCUT2D eigenvalue weighted by Gasteiger charge is -2.15. The van der Waals surface area contributed by atoms with Crippen LogP contribution < -0.4 is 5.49 Å². The van der Waals surface area contributed by atoms with Crippen LogP contribution in [0.2, 0.25) is 0 Å². The molecule has 204 valence electrons. The molecule has 0 aliphatic carbocycles. The Balaban J connectivity index is 1.60. The Kier molecular flexibility index (Phi) is 8.71. The summed E-state index contributed by atoms with van der Waals surface area (Å²) in [4.78, 5) is 10.8. The largest absolute Gasteiger partial charge is 0.306 e. The van der Waals surface area contributed by atoms with Gasteiger partial charge in [0.25, 0.3) is 0 Å².